The van der Waals surface area contributed by atoms with Gasteiger partial charge >= 0.3 is 0 Å². The second-order valence-corrected chi connectivity index (χ2v) is 4.01. The van der Waals surface area contributed by atoms with Gasteiger partial charge in [-0.2, -0.15) is 0 Å². The molecule has 0 saturated heterocycles. The molecule has 2 N–H and O–H groups in total. The van der Waals surface area contributed by atoms with Gasteiger partial charge in [-0.1, -0.05) is 11.6 Å². The van der Waals surface area contributed by atoms with Crippen LogP contribution in [0.25, 0.3) is 10.6 Å². The Morgan fingerprint density at radius 3 is 2.85 bits per heavy atom. The lowest BCUT2D eigenvalue weighted by Gasteiger charge is -1.96. The van der Waals surface area contributed by atoms with Crippen LogP contribution >= 0.6 is 22.9 Å². The Morgan fingerprint density at radius 1 is 1.38 bits per heavy atom. The molecule has 0 aromatic carbocycles. The number of hydrogen-bond acceptors (Lipinski definition) is 5. The van der Waals surface area contributed by atoms with Gasteiger partial charge in [0.1, 0.15) is 12.0 Å². The van der Waals surface area contributed by atoms with Crippen LogP contribution in [0.1, 0.15) is 0 Å². The van der Waals surface area contributed by atoms with Crippen LogP contribution in [0.2, 0.25) is 4.34 Å². The van der Waals surface area contributed by atoms with E-state index < -0.39 is 0 Å². The number of hydrogen-bond donors (Lipinski definition) is 1. The van der Waals surface area contributed by atoms with Crippen molar-refractivity contribution in [1.82, 2.24) is 15.2 Å². The Hall–Kier alpha value is -1.20. The van der Waals surface area contributed by atoms with Gasteiger partial charge in [0.2, 0.25) is 0 Å². The Labute approximate surface area is 83.4 Å². The zero-order valence-electron chi connectivity index (χ0n) is 6.44. The van der Waals surface area contributed by atoms with Gasteiger partial charge in [0.15, 0.2) is 5.82 Å². The van der Waals surface area contributed by atoms with Crippen molar-refractivity contribution >= 4 is 28.8 Å². The molecule has 0 unspecified atom stereocenters. The molecule has 0 spiro atoms. The fourth-order valence-electron chi connectivity index (χ4n) is 0.901. The molecule has 4 nitrogen and oxygen atoms in total. The van der Waals surface area contributed by atoms with Crippen LogP contribution in [0, 0.1) is 0 Å². The Balaban J connectivity index is 2.52. The van der Waals surface area contributed by atoms with E-state index in [4.69, 9.17) is 17.3 Å². The van der Waals surface area contributed by atoms with Crippen LogP contribution in [-0.4, -0.2) is 15.2 Å². The largest absolute Gasteiger partial charge is 0.382 e. The van der Waals surface area contributed by atoms with E-state index in [2.05, 4.69) is 15.2 Å². The molecule has 13 heavy (non-hydrogen) atoms. The summed E-state index contributed by atoms with van der Waals surface area (Å²) in [7, 11) is 0. The minimum absolute atomic E-state index is 0.369. The summed E-state index contributed by atoms with van der Waals surface area (Å²) in [5, 5.41) is 7.53. The number of nitrogen functional groups attached to an aromatic ring is 1. The third-order valence-corrected chi connectivity index (χ3v) is 2.69. The number of aromatic nitrogens is 3. The molecule has 0 atom stereocenters. The zero-order chi connectivity index (χ0) is 9.26. The van der Waals surface area contributed by atoms with Gasteiger partial charge in [-0.3, -0.25) is 0 Å². The number of rotatable bonds is 1. The van der Waals surface area contributed by atoms with Gasteiger partial charge in [0.05, 0.1) is 9.21 Å². The number of halogens is 1. The molecule has 2 aromatic rings. The molecule has 2 heterocycles. The molecule has 6 heteroatoms. The first-order valence-corrected chi connectivity index (χ1v) is 4.65. The maximum Gasteiger partial charge on any atom is 0.154 e. The van der Waals surface area contributed by atoms with Crippen LogP contribution in [0.3, 0.4) is 0 Å². The predicted octanol–water partition coefficient (Wildman–Crippen LogP) is 1.84. The van der Waals surface area contributed by atoms with Crippen LogP contribution in [0.15, 0.2) is 18.5 Å². The maximum atomic E-state index is 5.77. The number of nitrogens with two attached hydrogens (primary N) is 1. The van der Waals surface area contributed by atoms with E-state index in [-0.39, 0.29) is 0 Å². The van der Waals surface area contributed by atoms with E-state index in [1.54, 1.807) is 6.07 Å². The summed E-state index contributed by atoms with van der Waals surface area (Å²) in [5.41, 5.74) is 6.19. The van der Waals surface area contributed by atoms with E-state index >= 15 is 0 Å². The number of thiophene rings is 1. The quantitative estimate of drug-likeness (QED) is 0.784. The molecule has 0 aliphatic carbocycles. The number of anilines is 1. The van der Waals surface area contributed by atoms with E-state index in [0.29, 0.717) is 15.8 Å². The highest BCUT2D eigenvalue weighted by Crippen LogP contribution is 2.31. The lowest BCUT2D eigenvalue weighted by molar-refractivity contribution is 0.986. The summed E-state index contributed by atoms with van der Waals surface area (Å²) in [5.74, 6) is 0.369. The molecule has 0 fully saturated rings. The molecular weight excluding hydrogens is 208 g/mol. The normalized spacial score (nSPS) is 10.2. The molecule has 0 radical (unpaired) electrons. The van der Waals surface area contributed by atoms with Gasteiger partial charge in [-0.05, 0) is 12.1 Å². The third-order valence-electron chi connectivity index (χ3n) is 1.46. The lowest BCUT2D eigenvalue weighted by Crippen LogP contribution is -1.96. The third kappa shape index (κ3) is 1.61. The van der Waals surface area contributed by atoms with Crippen molar-refractivity contribution in [2.75, 3.05) is 5.73 Å². The van der Waals surface area contributed by atoms with E-state index in [9.17, 15) is 0 Å². The van der Waals surface area contributed by atoms with Gasteiger partial charge in [0.25, 0.3) is 0 Å². The highest BCUT2D eigenvalue weighted by Gasteiger charge is 2.07. The standard InChI is InChI=1S/C7H5ClN4S/c8-5-2-1-4(13-5)6-7(9)10-3-11-12-6/h1-3H,(H2,9,10,11). The highest BCUT2D eigenvalue weighted by atomic mass is 35.5. The topological polar surface area (TPSA) is 64.7 Å². The van der Waals surface area contributed by atoms with E-state index in [0.717, 1.165) is 4.88 Å². The van der Waals surface area contributed by atoms with Crippen LogP contribution in [0.4, 0.5) is 5.82 Å². The molecule has 0 aliphatic heterocycles. The zero-order valence-corrected chi connectivity index (χ0v) is 8.01. The minimum atomic E-state index is 0.369. The van der Waals surface area contributed by atoms with Gasteiger partial charge < -0.3 is 5.73 Å². The summed E-state index contributed by atoms with van der Waals surface area (Å²) in [6.07, 6.45) is 1.31. The van der Waals surface area contributed by atoms with Crippen molar-refractivity contribution in [2.24, 2.45) is 0 Å². The molecule has 0 amide bonds. The first-order chi connectivity index (χ1) is 6.27. The van der Waals surface area contributed by atoms with Crippen molar-refractivity contribution in [1.29, 1.82) is 0 Å². The first kappa shape index (κ1) is 8.40. The number of nitrogens with zero attached hydrogens (tertiary/aromatic N) is 3. The SMILES string of the molecule is Nc1ncnnc1-c1ccc(Cl)s1. The molecule has 0 saturated carbocycles. The van der Waals surface area contributed by atoms with Gasteiger partial charge in [0, 0.05) is 0 Å². The minimum Gasteiger partial charge on any atom is -0.382 e. The monoisotopic (exact) mass is 212 g/mol. The molecule has 66 valence electrons. The predicted molar refractivity (Wildman–Crippen MR) is 52.6 cm³/mol. The summed E-state index contributed by atoms with van der Waals surface area (Å²) in [6, 6.07) is 3.63. The molecule has 0 aliphatic rings. The molecule has 2 aromatic heterocycles. The van der Waals surface area contributed by atoms with Crippen molar-refractivity contribution in [3.05, 3.63) is 22.8 Å². The fraction of sp³-hybridized carbons (Fsp3) is 0. The second-order valence-electron chi connectivity index (χ2n) is 2.30. The molecular formula is C7H5ClN4S. The van der Waals surface area contributed by atoms with Crippen molar-refractivity contribution in [2.45, 2.75) is 0 Å². The summed E-state index contributed by atoms with van der Waals surface area (Å²) in [6.45, 7) is 0. The van der Waals surface area contributed by atoms with Crippen LogP contribution in [-0.2, 0) is 0 Å². The van der Waals surface area contributed by atoms with Crippen molar-refractivity contribution in [3.63, 3.8) is 0 Å². The smallest absolute Gasteiger partial charge is 0.154 e. The van der Waals surface area contributed by atoms with Gasteiger partial charge in [-0.25, -0.2) is 4.98 Å². The average molecular weight is 213 g/mol. The summed E-state index contributed by atoms with van der Waals surface area (Å²) < 4.78 is 0.694. The van der Waals surface area contributed by atoms with Crippen molar-refractivity contribution in [3.8, 4) is 10.6 Å². The maximum absolute atomic E-state index is 5.77. The van der Waals surface area contributed by atoms with Crippen LogP contribution < -0.4 is 5.73 Å². The fourth-order valence-corrected chi connectivity index (χ4v) is 1.94. The Morgan fingerprint density at radius 2 is 2.23 bits per heavy atom. The lowest BCUT2D eigenvalue weighted by atomic mass is 10.3. The van der Waals surface area contributed by atoms with Gasteiger partial charge in [-0.15, -0.1) is 21.5 Å². The summed E-state index contributed by atoms with van der Waals surface area (Å²) in [4.78, 5) is 4.71. The first-order valence-electron chi connectivity index (χ1n) is 3.46. The van der Waals surface area contributed by atoms with E-state index in [1.807, 2.05) is 6.07 Å². The van der Waals surface area contributed by atoms with Crippen molar-refractivity contribution < 1.29 is 0 Å². The Bertz CT molecular complexity index is 428. The molecule has 0 bridgehead atoms. The highest BCUT2D eigenvalue weighted by molar-refractivity contribution is 7.19. The Kier molecular flexibility index (Phi) is 2.12. The summed E-state index contributed by atoms with van der Waals surface area (Å²) >= 11 is 7.17. The average Bonchev–Trinajstić information content (AvgIpc) is 2.53. The van der Waals surface area contributed by atoms with Crippen LogP contribution in [0.5, 0.6) is 0 Å². The molecule has 2 rings (SSSR count). The second kappa shape index (κ2) is 3.27. The van der Waals surface area contributed by atoms with E-state index in [1.165, 1.54) is 17.7 Å².